The third-order valence-electron chi connectivity index (χ3n) is 2.68. The van der Waals surface area contributed by atoms with E-state index in [9.17, 15) is 9.59 Å². The van der Waals surface area contributed by atoms with Crippen LogP contribution in [0.3, 0.4) is 0 Å². The highest BCUT2D eigenvalue weighted by Gasteiger charge is 2.13. The first-order valence-electron chi connectivity index (χ1n) is 6.12. The molecule has 1 rings (SSSR count). The summed E-state index contributed by atoms with van der Waals surface area (Å²) in [5.41, 5.74) is 2.09. The molecule has 5 nitrogen and oxygen atoms in total. The number of carbonyl (C=O) groups is 2. The molecule has 0 heterocycles. The SMILES string of the molecule is Cc1ccc(C)c(OCCC(=O)N[C@H](C)C(=O)O)c1. The zero-order valence-corrected chi connectivity index (χ0v) is 11.4. The first kappa shape index (κ1) is 15.0. The van der Waals surface area contributed by atoms with E-state index in [-0.39, 0.29) is 18.9 Å². The summed E-state index contributed by atoms with van der Waals surface area (Å²) in [4.78, 5) is 22.0. The van der Waals surface area contributed by atoms with Crippen LogP contribution in [0.15, 0.2) is 18.2 Å². The molecule has 0 unspecified atom stereocenters. The molecule has 1 atom stereocenters. The van der Waals surface area contributed by atoms with Gasteiger partial charge in [0.05, 0.1) is 13.0 Å². The van der Waals surface area contributed by atoms with Crippen LogP contribution in [-0.4, -0.2) is 29.6 Å². The molecule has 0 aliphatic rings. The summed E-state index contributed by atoms with van der Waals surface area (Å²) >= 11 is 0. The van der Waals surface area contributed by atoms with E-state index in [1.165, 1.54) is 6.92 Å². The minimum absolute atomic E-state index is 0.130. The van der Waals surface area contributed by atoms with Crippen molar-refractivity contribution in [1.82, 2.24) is 5.32 Å². The van der Waals surface area contributed by atoms with Gasteiger partial charge in [-0.15, -0.1) is 0 Å². The van der Waals surface area contributed by atoms with Crippen molar-refractivity contribution < 1.29 is 19.4 Å². The Labute approximate surface area is 112 Å². The van der Waals surface area contributed by atoms with Crippen molar-refractivity contribution in [2.24, 2.45) is 0 Å². The van der Waals surface area contributed by atoms with Crippen LogP contribution in [-0.2, 0) is 9.59 Å². The number of hydrogen-bond acceptors (Lipinski definition) is 3. The molecule has 104 valence electrons. The zero-order valence-electron chi connectivity index (χ0n) is 11.4. The first-order valence-corrected chi connectivity index (χ1v) is 6.12. The van der Waals surface area contributed by atoms with Crippen LogP contribution in [0, 0.1) is 13.8 Å². The lowest BCUT2D eigenvalue weighted by atomic mass is 10.1. The third kappa shape index (κ3) is 4.99. The van der Waals surface area contributed by atoms with Gasteiger partial charge in [0.2, 0.25) is 5.91 Å². The van der Waals surface area contributed by atoms with Crippen LogP contribution in [0.4, 0.5) is 0 Å². The van der Waals surface area contributed by atoms with Crippen LogP contribution in [0.1, 0.15) is 24.5 Å². The Kier molecular flexibility index (Phi) is 5.36. The highest BCUT2D eigenvalue weighted by molar-refractivity contribution is 5.83. The molecule has 0 bridgehead atoms. The average molecular weight is 265 g/mol. The van der Waals surface area contributed by atoms with Gasteiger partial charge in [0.1, 0.15) is 11.8 Å². The highest BCUT2D eigenvalue weighted by Crippen LogP contribution is 2.19. The standard InChI is InChI=1S/C14H19NO4/c1-9-4-5-10(2)12(8-9)19-7-6-13(16)15-11(3)14(17)18/h4-5,8,11H,6-7H2,1-3H3,(H,15,16)(H,17,18)/t11-/m1/s1. The number of carboxylic acids is 1. The molecule has 0 aliphatic carbocycles. The number of carboxylic acid groups (broad SMARTS) is 1. The molecule has 2 N–H and O–H groups in total. The van der Waals surface area contributed by atoms with Crippen molar-refractivity contribution >= 4 is 11.9 Å². The summed E-state index contributed by atoms with van der Waals surface area (Å²) in [6.07, 6.45) is 0.130. The average Bonchev–Trinajstić information content (AvgIpc) is 2.33. The van der Waals surface area contributed by atoms with E-state index in [1.54, 1.807) is 0 Å². The molecular weight excluding hydrogens is 246 g/mol. The fourth-order valence-corrected chi connectivity index (χ4v) is 1.49. The van der Waals surface area contributed by atoms with Crippen molar-refractivity contribution in [3.05, 3.63) is 29.3 Å². The Hall–Kier alpha value is -2.04. The molecule has 0 fully saturated rings. The van der Waals surface area contributed by atoms with Crippen LogP contribution in [0.25, 0.3) is 0 Å². The number of aliphatic carboxylic acids is 1. The van der Waals surface area contributed by atoms with Gasteiger partial charge in [-0.05, 0) is 38.0 Å². The van der Waals surface area contributed by atoms with E-state index in [0.717, 1.165) is 16.9 Å². The van der Waals surface area contributed by atoms with E-state index in [4.69, 9.17) is 9.84 Å². The molecule has 0 spiro atoms. The molecule has 1 aromatic rings. The van der Waals surface area contributed by atoms with Gasteiger partial charge in [-0.1, -0.05) is 12.1 Å². The lowest BCUT2D eigenvalue weighted by Crippen LogP contribution is -2.38. The molecule has 0 aromatic heterocycles. The number of nitrogens with one attached hydrogen (secondary N) is 1. The number of aryl methyl sites for hydroxylation is 2. The summed E-state index contributed by atoms with van der Waals surface area (Å²) < 4.78 is 5.52. The molecule has 0 saturated carbocycles. The maximum Gasteiger partial charge on any atom is 0.325 e. The summed E-state index contributed by atoms with van der Waals surface area (Å²) in [5.74, 6) is -0.636. The van der Waals surface area contributed by atoms with Crippen molar-refractivity contribution in [3.63, 3.8) is 0 Å². The molecule has 1 aromatic carbocycles. The van der Waals surface area contributed by atoms with Gasteiger partial charge in [0.15, 0.2) is 0 Å². The molecular formula is C14H19NO4. The van der Waals surface area contributed by atoms with Gasteiger partial charge in [0, 0.05) is 0 Å². The first-order chi connectivity index (χ1) is 8.90. The van der Waals surface area contributed by atoms with Crippen LogP contribution < -0.4 is 10.1 Å². The number of benzene rings is 1. The summed E-state index contributed by atoms with van der Waals surface area (Å²) in [6.45, 7) is 5.54. The van der Waals surface area contributed by atoms with E-state index >= 15 is 0 Å². The second-order valence-corrected chi connectivity index (χ2v) is 4.49. The predicted molar refractivity (Wildman–Crippen MR) is 71.3 cm³/mol. The van der Waals surface area contributed by atoms with E-state index in [2.05, 4.69) is 5.32 Å². The van der Waals surface area contributed by atoms with E-state index in [1.807, 2.05) is 32.0 Å². The smallest absolute Gasteiger partial charge is 0.325 e. The monoisotopic (exact) mass is 265 g/mol. The normalized spacial score (nSPS) is 11.7. The minimum atomic E-state index is -1.05. The Morgan fingerprint density at radius 1 is 1.37 bits per heavy atom. The number of hydrogen-bond donors (Lipinski definition) is 2. The van der Waals surface area contributed by atoms with Crippen molar-refractivity contribution in [1.29, 1.82) is 0 Å². The van der Waals surface area contributed by atoms with Gasteiger partial charge in [-0.25, -0.2) is 0 Å². The van der Waals surface area contributed by atoms with E-state index in [0.29, 0.717) is 0 Å². The Balaban J connectivity index is 2.40. The molecule has 0 saturated heterocycles. The quantitative estimate of drug-likeness (QED) is 0.820. The summed E-state index contributed by atoms with van der Waals surface area (Å²) in [5, 5.41) is 11.0. The van der Waals surface area contributed by atoms with Crippen LogP contribution >= 0.6 is 0 Å². The predicted octanol–water partition coefficient (Wildman–Crippen LogP) is 1.66. The van der Waals surface area contributed by atoms with Crippen molar-refractivity contribution in [2.45, 2.75) is 33.2 Å². The zero-order chi connectivity index (χ0) is 14.4. The third-order valence-corrected chi connectivity index (χ3v) is 2.68. The largest absolute Gasteiger partial charge is 0.493 e. The second-order valence-electron chi connectivity index (χ2n) is 4.49. The van der Waals surface area contributed by atoms with Crippen molar-refractivity contribution in [2.75, 3.05) is 6.61 Å². The molecule has 0 aliphatic heterocycles. The molecule has 5 heteroatoms. The number of ether oxygens (including phenoxy) is 1. The lowest BCUT2D eigenvalue weighted by molar-refractivity contribution is -0.141. The number of carbonyl (C=O) groups excluding carboxylic acids is 1. The van der Waals surface area contributed by atoms with Gasteiger partial charge >= 0.3 is 5.97 Å². The van der Waals surface area contributed by atoms with Gasteiger partial charge < -0.3 is 15.2 Å². The molecule has 19 heavy (non-hydrogen) atoms. The van der Waals surface area contributed by atoms with Gasteiger partial charge in [-0.3, -0.25) is 9.59 Å². The molecule has 1 amide bonds. The minimum Gasteiger partial charge on any atom is -0.493 e. The maximum absolute atomic E-state index is 11.4. The maximum atomic E-state index is 11.4. The van der Waals surface area contributed by atoms with Gasteiger partial charge in [-0.2, -0.15) is 0 Å². The molecule has 0 radical (unpaired) electrons. The Morgan fingerprint density at radius 2 is 2.05 bits per heavy atom. The topological polar surface area (TPSA) is 75.6 Å². The lowest BCUT2D eigenvalue weighted by Gasteiger charge is -2.11. The number of amides is 1. The van der Waals surface area contributed by atoms with Crippen LogP contribution in [0.5, 0.6) is 5.75 Å². The summed E-state index contributed by atoms with van der Waals surface area (Å²) in [6, 6.07) is 4.97. The second kappa shape index (κ2) is 6.78. The van der Waals surface area contributed by atoms with Gasteiger partial charge in [0.25, 0.3) is 0 Å². The Bertz CT molecular complexity index is 471. The Morgan fingerprint density at radius 3 is 2.68 bits per heavy atom. The van der Waals surface area contributed by atoms with Crippen LogP contribution in [0.2, 0.25) is 0 Å². The fourth-order valence-electron chi connectivity index (χ4n) is 1.49. The summed E-state index contributed by atoms with van der Waals surface area (Å²) in [7, 11) is 0. The van der Waals surface area contributed by atoms with Crippen molar-refractivity contribution in [3.8, 4) is 5.75 Å². The van der Waals surface area contributed by atoms with E-state index < -0.39 is 12.0 Å². The fraction of sp³-hybridized carbons (Fsp3) is 0.429. The number of rotatable bonds is 6. The highest BCUT2D eigenvalue weighted by atomic mass is 16.5.